The molecule has 0 bridgehead atoms. The van der Waals surface area contributed by atoms with E-state index < -0.39 is 0 Å². The van der Waals surface area contributed by atoms with Crippen molar-refractivity contribution < 1.29 is 14.1 Å². The highest BCUT2D eigenvalue weighted by Crippen LogP contribution is 2.41. The van der Waals surface area contributed by atoms with Crippen LogP contribution >= 0.6 is 0 Å². The number of ether oxygens (including phenoxy) is 1. The number of piperidine rings is 1. The van der Waals surface area contributed by atoms with E-state index in [9.17, 15) is 4.79 Å². The molecule has 0 aromatic carbocycles. The predicted molar refractivity (Wildman–Crippen MR) is 119 cm³/mol. The zero-order valence-electron chi connectivity index (χ0n) is 18.8. The first kappa shape index (κ1) is 21.3. The van der Waals surface area contributed by atoms with E-state index >= 15 is 0 Å². The first-order valence-corrected chi connectivity index (χ1v) is 11.7. The minimum atomic E-state index is -0.0237. The van der Waals surface area contributed by atoms with E-state index in [1.807, 2.05) is 11.1 Å². The molecule has 9 heteroatoms. The molecule has 0 spiro atoms. The van der Waals surface area contributed by atoms with Gasteiger partial charge in [-0.25, -0.2) is 4.98 Å². The molecule has 2 aliphatic heterocycles. The number of nitrogens with one attached hydrogen (secondary N) is 2. The van der Waals surface area contributed by atoms with E-state index in [4.69, 9.17) is 9.26 Å². The first-order valence-electron chi connectivity index (χ1n) is 11.7. The molecule has 5 rings (SSSR count). The Morgan fingerprint density at radius 3 is 2.75 bits per heavy atom. The van der Waals surface area contributed by atoms with Gasteiger partial charge in [-0.1, -0.05) is 19.0 Å². The fourth-order valence-corrected chi connectivity index (χ4v) is 4.58. The zero-order chi connectivity index (χ0) is 22.1. The van der Waals surface area contributed by atoms with Gasteiger partial charge < -0.3 is 24.8 Å². The van der Waals surface area contributed by atoms with Crippen LogP contribution in [0.1, 0.15) is 66.8 Å². The Morgan fingerprint density at radius 2 is 2.09 bits per heavy atom. The van der Waals surface area contributed by atoms with Gasteiger partial charge in [0.1, 0.15) is 0 Å². The quantitative estimate of drug-likeness (QED) is 0.645. The first-order chi connectivity index (χ1) is 15.6. The summed E-state index contributed by atoms with van der Waals surface area (Å²) in [5.74, 6) is 1.70. The minimum Gasteiger partial charge on any atom is -0.377 e. The summed E-state index contributed by atoms with van der Waals surface area (Å²) in [6.45, 7) is 7.80. The lowest BCUT2D eigenvalue weighted by Crippen LogP contribution is -2.52. The molecule has 2 atom stereocenters. The van der Waals surface area contributed by atoms with Crippen LogP contribution < -0.4 is 10.6 Å². The van der Waals surface area contributed by atoms with Gasteiger partial charge in [0.05, 0.1) is 24.9 Å². The Morgan fingerprint density at radius 1 is 1.25 bits per heavy atom. The maximum absolute atomic E-state index is 13.9. The Balaban J connectivity index is 1.41. The van der Waals surface area contributed by atoms with Crippen molar-refractivity contribution in [2.45, 2.75) is 57.0 Å². The highest BCUT2D eigenvalue weighted by atomic mass is 16.5. The largest absolute Gasteiger partial charge is 0.377 e. The maximum Gasteiger partial charge on any atom is 0.274 e. The minimum absolute atomic E-state index is 0.0237. The molecule has 2 aromatic heterocycles. The molecular weight excluding hydrogens is 408 g/mol. The molecule has 3 aliphatic rings. The van der Waals surface area contributed by atoms with Crippen LogP contribution in [0.25, 0.3) is 0 Å². The van der Waals surface area contributed by atoms with Crippen LogP contribution in [0.5, 0.6) is 0 Å². The van der Waals surface area contributed by atoms with Crippen molar-refractivity contribution in [1.29, 1.82) is 0 Å². The molecule has 2 saturated heterocycles. The number of carbonyl (C=O) groups excluding carboxylic acids is 1. The van der Waals surface area contributed by atoms with Crippen LogP contribution in [0, 0.1) is 5.92 Å². The molecule has 4 heterocycles. The van der Waals surface area contributed by atoms with Gasteiger partial charge in [-0.3, -0.25) is 4.79 Å². The van der Waals surface area contributed by atoms with E-state index in [1.165, 1.54) is 24.8 Å². The number of aromatic nitrogens is 3. The molecule has 9 nitrogen and oxygen atoms in total. The monoisotopic (exact) mass is 440 g/mol. The second-order valence-electron chi connectivity index (χ2n) is 9.70. The van der Waals surface area contributed by atoms with Crippen LogP contribution in [-0.2, 0) is 4.74 Å². The van der Waals surface area contributed by atoms with Crippen molar-refractivity contribution in [2.24, 2.45) is 5.92 Å². The molecule has 1 aliphatic carbocycles. The van der Waals surface area contributed by atoms with Gasteiger partial charge in [0.15, 0.2) is 11.5 Å². The Hall–Kier alpha value is -2.52. The molecule has 0 unspecified atom stereocenters. The van der Waals surface area contributed by atoms with Gasteiger partial charge in [0.2, 0.25) is 6.39 Å². The lowest BCUT2D eigenvalue weighted by atomic mass is 9.93. The van der Waals surface area contributed by atoms with E-state index in [-0.39, 0.29) is 23.9 Å². The number of rotatable bonds is 8. The zero-order valence-corrected chi connectivity index (χ0v) is 18.8. The fraction of sp³-hybridized carbons (Fsp3) is 0.652. The number of nitrogens with zero attached hydrogens (tertiary/aromatic N) is 4. The molecule has 0 radical (unpaired) electrons. The number of anilines is 1. The topological polar surface area (TPSA) is 105 Å². The molecule has 2 N–H and O–H groups in total. The predicted octanol–water partition coefficient (Wildman–Crippen LogP) is 2.40. The highest BCUT2D eigenvalue weighted by Gasteiger charge is 2.35. The smallest absolute Gasteiger partial charge is 0.274 e. The van der Waals surface area contributed by atoms with Gasteiger partial charge in [-0.2, -0.15) is 4.98 Å². The third-order valence-electron chi connectivity index (χ3n) is 6.49. The van der Waals surface area contributed by atoms with Crippen LogP contribution in [-0.4, -0.2) is 70.9 Å². The van der Waals surface area contributed by atoms with E-state index in [1.54, 1.807) is 0 Å². The van der Waals surface area contributed by atoms with E-state index in [0.29, 0.717) is 43.1 Å². The Bertz CT molecular complexity index is 926. The number of amides is 1. The maximum atomic E-state index is 13.9. The fourth-order valence-electron chi connectivity index (χ4n) is 4.58. The normalized spacial score (nSPS) is 23.7. The van der Waals surface area contributed by atoms with Crippen molar-refractivity contribution in [1.82, 2.24) is 25.3 Å². The Kier molecular flexibility index (Phi) is 6.10. The van der Waals surface area contributed by atoms with Gasteiger partial charge in [-0.05, 0) is 42.7 Å². The molecule has 1 amide bonds. The van der Waals surface area contributed by atoms with Crippen molar-refractivity contribution in [2.75, 3.05) is 38.2 Å². The Labute approximate surface area is 188 Å². The van der Waals surface area contributed by atoms with Crippen molar-refractivity contribution in [3.63, 3.8) is 0 Å². The standard InChI is InChI=1S/C23H32N6O3/c1-14(2)10-29(19-5-17(7-24-9-19)22-26-13-32-28-22)23(30)21-20(27-18-11-31-12-18)6-16(8-25-21)15-3-4-15/h6,8,13-15,17-19,24,27H,3-5,7,9-12H2,1-2H3/t17-,19+/m1/s1. The lowest BCUT2D eigenvalue weighted by molar-refractivity contribution is 0.0210. The highest BCUT2D eigenvalue weighted by molar-refractivity contribution is 5.98. The average molecular weight is 441 g/mol. The lowest BCUT2D eigenvalue weighted by Gasteiger charge is -2.38. The number of carbonyl (C=O) groups is 1. The molecule has 32 heavy (non-hydrogen) atoms. The summed E-state index contributed by atoms with van der Waals surface area (Å²) in [5, 5.41) is 11.0. The second-order valence-corrected chi connectivity index (χ2v) is 9.70. The summed E-state index contributed by atoms with van der Waals surface area (Å²) in [6.07, 6.45) is 6.45. The number of pyridine rings is 1. The van der Waals surface area contributed by atoms with Crippen LogP contribution in [0.4, 0.5) is 5.69 Å². The SMILES string of the molecule is CC(C)CN(C(=O)c1ncc(C2CC2)cc1NC1COC1)[C@@H]1CNC[C@H](c2ncon2)C1. The van der Waals surface area contributed by atoms with Gasteiger partial charge in [-0.15, -0.1) is 0 Å². The van der Waals surface area contributed by atoms with Crippen LogP contribution in [0.15, 0.2) is 23.2 Å². The van der Waals surface area contributed by atoms with Crippen molar-refractivity contribution >= 4 is 11.6 Å². The average Bonchev–Trinajstić information content (AvgIpc) is 3.47. The number of hydrogen-bond acceptors (Lipinski definition) is 8. The molecule has 2 aromatic rings. The van der Waals surface area contributed by atoms with Crippen molar-refractivity contribution in [3.8, 4) is 0 Å². The van der Waals surface area contributed by atoms with E-state index in [0.717, 1.165) is 25.2 Å². The summed E-state index contributed by atoms with van der Waals surface area (Å²) in [5.41, 5.74) is 2.56. The van der Waals surface area contributed by atoms with Gasteiger partial charge in [0, 0.05) is 37.8 Å². The van der Waals surface area contributed by atoms with E-state index in [2.05, 4.69) is 45.7 Å². The second kappa shape index (κ2) is 9.15. The van der Waals surface area contributed by atoms with Crippen LogP contribution in [0.2, 0.25) is 0 Å². The van der Waals surface area contributed by atoms with Crippen LogP contribution in [0.3, 0.4) is 0 Å². The summed E-state index contributed by atoms with van der Waals surface area (Å²) < 4.78 is 10.3. The summed E-state index contributed by atoms with van der Waals surface area (Å²) in [6, 6.07) is 2.40. The third kappa shape index (κ3) is 4.63. The molecule has 3 fully saturated rings. The molecule has 172 valence electrons. The van der Waals surface area contributed by atoms with Gasteiger partial charge >= 0.3 is 0 Å². The molecular formula is C23H32N6O3. The summed E-state index contributed by atoms with van der Waals surface area (Å²) >= 11 is 0. The van der Waals surface area contributed by atoms with Gasteiger partial charge in [0.25, 0.3) is 5.91 Å². The third-order valence-corrected chi connectivity index (χ3v) is 6.49. The summed E-state index contributed by atoms with van der Waals surface area (Å²) in [4.78, 5) is 24.8. The van der Waals surface area contributed by atoms with Crippen molar-refractivity contribution in [3.05, 3.63) is 35.7 Å². The summed E-state index contributed by atoms with van der Waals surface area (Å²) in [7, 11) is 0. The molecule has 1 saturated carbocycles. The number of hydrogen-bond donors (Lipinski definition) is 2.